The van der Waals surface area contributed by atoms with Crippen LogP contribution in [0, 0.1) is 0 Å². The molecule has 1 amide bonds. The molecule has 4 rings (SSSR count). The lowest BCUT2D eigenvalue weighted by Gasteiger charge is -2.12. The average Bonchev–Trinajstić information content (AvgIpc) is 3.45. The van der Waals surface area contributed by atoms with Gasteiger partial charge in [-0.15, -0.1) is 0 Å². The Morgan fingerprint density at radius 2 is 1.36 bits per heavy atom. The van der Waals surface area contributed by atoms with E-state index in [1.165, 1.54) is 77.6 Å². The molecule has 3 aromatic rings. The highest BCUT2D eigenvalue weighted by Gasteiger charge is 2.34. The average molecular weight is 615 g/mol. The lowest BCUT2D eigenvalue weighted by atomic mass is 10.1. The Hall–Kier alpha value is -5.29. The summed E-state index contributed by atoms with van der Waals surface area (Å²) < 4.78 is 51.5. The van der Waals surface area contributed by atoms with E-state index in [-0.39, 0.29) is 28.2 Å². The van der Waals surface area contributed by atoms with Gasteiger partial charge in [0.25, 0.3) is 5.91 Å². The predicted molar refractivity (Wildman–Crippen MR) is 154 cm³/mol. The maximum atomic E-state index is 13.0. The van der Waals surface area contributed by atoms with Crippen molar-refractivity contribution in [2.24, 2.45) is 5.10 Å². The number of carbonyl (C=O) groups excluding carboxylic acids is 1. The summed E-state index contributed by atoms with van der Waals surface area (Å²) >= 11 is 0. The van der Waals surface area contributed by atoms with Crippen LogP contribution in [0.5, 0.6) is 0 Å². The minimum Gasteiger partial charge on any atom is -0.476 e. The molecule has 0 fully saturated rings. The van der Waals surface area contributed by atoms with Gasteiger partial charge in [0, 0.05) is 23.1 Å². The van der Waals surface area contributed by atoms with Gasteiger partial charge < -0.3 is 10.2 Å². The number of aromatic nitrogens is 2. The molecule has 0 saturated carbocycles. The van der Waals surface area contributed by atoms with Crippen LogP contribution in [0.3, 0.4) is 0 Å². The largest absolute Gasteiger partial charge is 0.476 e. The number of aromatic carboxylic acids is 1. The van der Waals surface area contributed by atoms with Gasteiger partial charge in [0.15, 0.2) is 11.4 Å². The van der Waals surface area contributed by atoms with E-state index in [2.05, 4.69) is 19.6 Å². The quantitative estimate of drug-likeness (QED) is 0.242. The van der Waals surface area contributed by atoms with Gasteiger partial charge in [-0.25, -0.2) is 31.1 Å². The molecule has 2 aromatic carbocycles. The zero-order valence-corrected chi connectivity index (χ0v) is 23.4. The van der Waals surface area contributed by atoms with E-state index in [0.29, 0.717) is 11.4 Å². The molecule has 4 N–H and O–H groups in total. The number of benzene rings is 2. The molecule has 0 atom stereocenters. The molecule has 17 heteroatoms. The molecular formula is C25H22N6O9S2. The van der Waals surface area contributed by atoms with Gasteiger partial charge >= 0.3 is 11.9 Å². The number of rotatable bonds is 10. The fourth-order valence-electron chi connectivity index (χ4n) is 3.73. The molecule has 218 valence electrons. The van der Waals surface area contributed by atoms with Crippen molar-refractivity contribution in [3.8, 4) is 5.69 Å². The molecule has 1 aliphatic heterocycles. The number of hydrogen-bond donors (Lipinski definition) is 4. The number of sulfonamides is 2. The van der Waals surface area contributed by atoms with Crippen molar-refractivity contribution in [3.05, 3.63) is 83.7 Å². The standard InChI is InChI=1S/C25H22N6O9S2/c1-41(37,38)28-16-6-10-18(11-7-16)30-14-15(21(26-30)24(33)34)4-3-5-20-22(25(35)36)27-31(23(20)32)19-12-8-17(9-13-19)29-42(2,39)40/h3-14,28-29H,1-2H3,(H,33,34)(H,35,36)/b4-3+,20-5-. The van der Waals surface area contributed by atoms with E-state index in [1.54, 1.807) is 0 Å². The molecule has 0 aliphatic carbocycles. The van der Waals surface area contributed by atoms with Crippen LogP contribution in [0.25, 0.3) is 11.8 Å². The molecule has 0 radical (unpaired) electrons. The number of nitrogens with zero attached hydrogens (tertiary/aromatic N) is 4. The van der Waals surface area contributed by atoms with Gasteiger partial charge in [-0.3, -0.25) is 14.2 Å². The number of nitrogens with one attached hydrogen (secondary N) is 2. The van der Waals surface area contributed by atoms with Crippen LogP contribution in [-0.2, 0) is 29.6 Å². The van der Waals surface area contributed by atoms with E-state index < -0.39 is 43.6 Å². The summed E-state index contributed by atoms with van der Waals surface area (Å²) in [5, 5.41) is 28.0. The number of carboxylic acid groups (broad SMARTS) is 2. The molecule has 1 aromatic heterocycles. The Morgan fingerprint density at radius 1 is 0.833 bits per heavy atom. The number of allylic oxidation sites excluding steroid dienone is 2. The second-order valence-electron chi connectivity index (χ2n) is 8.84. The highest BCUT2D eigenvalue weighted by molar-refractivity contribution is 7.92. The summed E-state index contributed by atoms with van der Waals surface area (Å²) in [6.07, 6.45) is 7.13. The van der Waals surface area contributed by atoms with Crippen LogP contribution in [0.15, 0.2) is 77.6 Å². The van der Waals surface area contributed by atoms with Crippen molar-refractivity contribution in [2.75, 3.05) is 27.0 Å². The summed E-state index contributed by atoms with van der Waals surface area (Å²) in [6, 6.07) is 11.5. The molecule has 1 aliphatic rings. The smallest absolute Gasteiger partial charge is 0.357 e. The fourth-order valence-corrected chi connectivity index (χ4v) is 4.86. The van der Waals surface area contributed by atoms with Crippen molar-refractivity contribution >= 4 is 66.7 Å². The van der Waals surface area contributed by atoms with Gasteiger partial charge in [0.1, 0.15) is 0 Å². The zero-order chi connectivity index (χ0) is 30.8. The zero-order valence-electron chi connectivity index (χ0n) is 21.8. The number of hydrazone groups is 1. The molecule has 2 heterocycles. The van der Waals surface area contributed by atoms with E-state index in [1.807, 2.05) is 0 Å². The molecule has 0 saturated heterocycles. The van der Waals surface area contributed by atoms with Crippen molar-refractivity contribution in [1.29, 1.82) is 0 Å². The van der Waals surface area contributed by atoms with E-state index >= 15 is 0 Å². The first kappa shape index (κ1) is 29.7. The first-order chi connectivity index (χ1) is 19.6. The van der Waals surface area contributed by atoms with Crippen molar-refractivity contribution < 1.29 is 41.4 Å². The maximum Gasteiger partial charge on any atom is 0.357 e. The Balaban J connectivity index is 1.59. The Labute approximate surface area is 239 Å². The van der Waals surface area contributed by atoms with E-state index in [4.69, 9.17) is 0 Å². The number of carbonyl (C=O) groups is 3. The van der Waals surface area contributed by atoms with Crippen molar-refractivity contribution in [1.82, 2.24) is 9.78 Å². The van der Waals surface area contributed by atoms with Crippen LogP contribution >= 0.6 is 0 Å². The van der Waals surface area contributed by atoms with Gasteiger partial charge in [-0.1, -0.05) is 12.2 Å². The lowest BCUT2D eigenvalue weighted by Crippen LogP contribution is -2.22. The number of anilines is 3. The molecule has 15 nitrogen and oxygen atoms in total. The second-order valence-corrected chi connectivity index (χ2v) is 12.3. The molecular weight excluding hydrogens is 592 g/mol. The third-order valence-electron chi connectivity index (χ3n) is 5.41. The van der Waals surface area contributed by atoms with Crippen LogP contribution in [0.4, 0.5) is 17.1 Å². The normalized spacial score (nSPS) is 14.8. The maximum absolute atomic E-state index is 13.0. The topological polar surface area (TPSA) is 217 Å². The molecule has 0 bridgehead atoms. The molecule has 42 heavy (non-hydrogen) atoms. The van der Waals surface area contributed by atoms with Crippen LogP contribution in [0.1, 0.15) is 16.1 Å². The monoisotopic (exact) mass is 614 g/mol. The van der Waals surface area contributed by atoms with Crippen molar-refractivity contribution in [3.63, 3.8) is 0 Å². The second kappa shape index (κ2) is 11.3. The molecule has 0 spiro atoms. The third-order valence-corrected chi connectivity index (χ3v) is 6.63. The van der Waals surface area contributed by atoms with E-state index in [0.717, 1.165) is 17.5 Å². The predicted octanol–water partition coefficient (Wildman–Crippen LogP) is 1.74. The number of amides is 1. The van der Waals surface area contributed by atoms with Crippen LogP contribution < -0.4 is 14.5 Å². The number of hydrogen-bond acceptors (Lipinski definition) is 9. The minimum absolute atomic E-state index is 0.128. The van der Waals surface area contributed by atoms with Crippen molar-refractivity contribution in [2.45, 2.75) is 0 Å². The van der Waals surface area contributed by atoms with Crippen LogP contribution in [0.2, 0.25) is 0 Å². The highest BCUT2D eigenvalue weighted by atomic mass is 32.2. The SMILES string of the molecule is CS(=O)(=O)Nc1ccc(N2N=C(C(=O)O)/C(=C/C=C/c3cn(-c4ccc(NS(C)(=O)=O)cc4)nc3C(=O)O)C2=O)cc1. The van der Waals surface area contributed by atoms with Gasteiger partial charge in [-0.2, -0.15) is 15.2 Å². The minimum atomic E-state index is -3.53. The number of carboxylic acids is 2. The third kappa shape index (κ3) is 7.07. The van der Waals surface area contributed by atoms with Gasteiger partial charge in [0.05, 0.1) is 29.5 Å². The lowest BCUT2D eigenvalue weighted by molar-refractivity contribution is -0.129. The summed E-state index contributed by atoms with van der Waals surface area (Å²) in [5.74, 6) is -3.60. The van der Waals surface area contributed by atoms with Gasteiger partial charge in [-0.05, 0) is 54.6 Å². The summed E-state index contributed by atoms with van der Waals surface area (Å²) in [4.78, 5) is 36.6. The summed E-state index contributed by atoms with van der Waals surface area (Å²) in [7, 11) is -7.02. The summed E-state index contributed by atoms with van der Waals surface area (Å²) in [5.41, 5.74) is 0.0820. The Kier molecular flexibility index (Phi) is 7.99. The Morgan fingerprint density at radius 3 is 1.83 bits per heavy atom. The molecule has 0 unspecified atom stereocenters. The van der Waals surface area contributed by atoms with Crippen LogP contribution in [-0.4, -0.2) is 72.9 Å². The highest BCUT2D eigenvalue weighted by Crippen LogP contribution is 2.26. The van der Waals surface area contributed by atoms with E-state index in [9.17, 15) is 41.4 Å². The van der Waals surface area contributed by atoms with Gasteiger partial charge in [0.2, 0.25) is 20.0 Å². The first-order valence-corrected chi connectivity index (χ1v) is 15.4. The summed E-state index contributed by atoms with van der Waals surface area (Å²) in [6.45, 7) is 0. The number of aliphatic carboxylic acids is 1. The Bertz CT molecular complexity index is 1890. The fraction of sp³-hybridized carbons (Fsp3) is 0.0800. The first-order valence-electron chi connectivity index (χ1n) is 11.7.